The molecule has 0 bridgehead atoms. The number of amides is 2. The first-order valence-corrected chi connectivity index (χ1v) is 8.07. The molecule has 1 aliphatic heterocycles. The number of carbonyl (C=O) groups excluding carboxylic acids is 1. The molecule has 1 heterocycles. The topological polar surface area (TPSA) is 64.6 Å². The number of nitrogens with zero attached hydrogens (tertiary/aromatic N) is 1. The van der Waals surface area contributed by atoms with Crippen LogP contribution in [0.3, 0.4) is 0 Å². The summed E-state index contributed by atoms with van der Waals surface area (Å²) >= 11 is 0. The number of likely N-dealkylation sites (tertiary alicyclic amines) is 1. The molecule has 5 nitrogen and oxygen atoms in total. The van der Waals surface area contributed by atoms with E-state index in [1.807, 2.05) is 32.0 Å². The van der Waals surface area contributed by atoms with Crippen LogP contribution in [-0.4, -0.2) is 48.3 Å². The van der Waals surface area contributed by atoms with Crippen LogP contribution in [-0.2, 0) is 0 Å². The van der Waals surface area contributed by atoms with E-state index in [1.54, 1.807) is 0 Å². The highest BCUT2D eigenvalue weighted by Crippen LogP contribution is 2.16. The van der Waals surface area contributed by atoms with Crippen molar-refractivity contribution in [3.8, 4) is 0 Å². The Hall–Kier alpha value is -1.59. The van der Waals surface area contributed by atoms with Crippen LogP contribution in [0.4, 0.5) is 10.5 Å². The van der Waals surface area contributed by atoms with E-state index in [4.69, 9.17) is 0 Å². The third kappa shape index (κ3) is 5.31. The molecule has 22 heavy (non-hydrogen) atoms. The first-order chi connectivity index (χ1) is 10.5. The Morgan fingerprint density at radius 1 is 1.27 bits per heavy atom. The van der Waals surface area contributed by atoms with Crippen LogP contribution in [0.5, 0.6) is 0 Å². The molecule has 3 N–H and O–H groups in total. The molecule has 0 aromatic heterocycles. The summed E-state index contributed by atoms with van der Waals surface area (Å²) in [5, 5.41) is 15.6. The number of benzene rings is 1. The number of nitrogens with one attached hydrogen (secondary N) is 2. The Kier molecular flexibility index (Phi) is 6.21. The molecule has 1 saturated heterocycles. The van der Waals surface area contributed by atoms with Gasteiger partial charge in [-0.05, 0) is 57.0 Å². The van der Waals surface area contributed by atoms with Crippen molar-refractivity contribution in [1.29, 1.82) is 0 Å². The molecule has 1 aliphatic rings. The Balaban J connectivity index is 1.73. The van der Waals surface area contributed by atoms with Crippen molar-refractivity contribution < 1.29 is 9.90 Å². The maximum absolute atomic E-state index is 11.9. The van der Waals surface area contributed by atoms with Gasteiger partial charge in [-0.1, -0.05) is 18.6 Å². The molecule has 0 unspecified atom stereocenters. The lowest BCUT2D eigenvalue weighted by atomic mass is 10.1. The zero-order valence-corrected chi connectivity index (χ0v) is 13.6. The van der Waals surface area contributed by atoms with Gasteiger partial charge in [0.25, 0.3) is 0 Å². The van der Waals surface area contributed by atoms with Gasteiger partial charge in [0.15, 0.2) is 0 Å². The number of hydrogen-bond acceptors (Lipinski definition) is 3. The Labute approximate surface area is 132 Å². The second-order valence-electron chi connectivity index (χ2n) is 6.17. The van der Waals surface area contributed by atoms with E-state index in [0.29, 0.717) is 6.54 Å². The van der Waals surface area contributed by atoms with Crippen LogP contribution in [0.1, 0.15) is 30.4 Å². The van der Waals surface area contributed by atoms with Crippen molar-refractivity contribution in [3.63, 3.8) is 0 Å². The van der Waals surface area contributed by atoms with Crippen LogP contribution in [0.2, 0.25) is 0 Å². The molecular weight excluding hydrogens is 278 g/mol. The second-order valence-corrected chi connectivity index (χ2v) is 6.17. The van der Waals surface area contributed by atoms with E-state index in [9.17, 15) is 9.90 Å². The van der Waals surface area contributed by atoms with Gasteiger partial charge in [-0.25, -0.2) is 4.79 Å². The van der Waals surface area contributed by atoms with Crippen LogP contribution in [0, 0.1) is 13.8 Å². The normalized spacial score (nSPS) is 17.0. The van der Waals surface area contributed by atoms with Gasteiger partial charge in [0.2, 0.25) is 0 Å². The number of carbonyl (C=O) groups is 1. The molecule has 5 heteroatoms. The maximum atomic E-state index is 11.9. The molecule has 122 valence electrons. The van der Waals surface area contributed by atoms with E-state index >= 15 is 0 Å². The van der Waals surface area contributed by atoms with Gasteiger partial charge in [0.1, 0.15) is 0 Å². The smallest absolute Gasteiger partial charge is 0.319 e. The zero-order valence-electron chi connectivity index (χ0n) is 13.6. The fourth-order valence-corrected chi connectivity index (χ4v) is 2.75. The number of aliphatic hydroxyl groups is 1. The third-order valence-corrected chi connectivity index (χ3v) is 4.06. The second kappa shape index (κ2) is 8.15. The van der Waals surface area contributed by atoms with Crippen molar-refractivity contribution in [2.75, 3.05) is 31.5 Å². The number of aryl methyl sites for hydroxylation is 2. The Morgan fingerprint density at radius 2 is 2.00 bits per heavy atom. The molecule has 0 saturated carbocycles. The molecule has 1 fully saturated rings. The summed E-state index contributed by atoms with van der Waals surface area (Å²) in [7, 11) is 0. The average molecular weight is 305 g/mol. The number of urea groups is 1. The van der Waals surface area contributed by atoms with Crippen molar-refractivity contribution >= 4 is 11.7 Å². The lowest BCUT2D eigenvalue weighted by Crippen LogP contribution is -2.43. The molecule has 0 spiro atoms. The van der Waals surface area contributed by atoms with Gasteiger partial charge in [-0.3, -0.25) is 0 Å². The summed E-state index contributed by atoms with van der Waals surface area (Å²) in [6.45, 7) is 6.94. The number of rotatable bonds is 5. The lowest BCUT2D eigenvalue weighted by Gasteiger charge is -2.28. The predicted octanol–water partition coefficient (Wildman–Crippen LogP) is 2.27. The van der Waals surface area contributed by atoms with E-state index in [-0.39, 0.29) is 12.6 Å². The minimum absolute atomic E-state index is 0.271. The molecule has 0 radical (unpaired) electrons. The van der Waals surface area contributed by atoms with Gasteiger partial charge < -0.3 is 20.6 Å². The Morgan fingerprint density at radius 3 is 2.73 bits per heavy atom. The highest BCUT2D eigenvalue weighted by molar-refractivity contribution is 5.90. The standard InChI is InChI=1S/C17H27N3O2/c1-13-6-7-14(2)16(10-13)19-17(22)18-11-15(21)12-20-8-4-3-5-9-20/h6-7,10,15,21H,3-5,8-9,11-12H2,1-2H3,(H2,18,19,22)/t15-/m1/s1. The number of piperidine rings is 1. The van der Waals surface area contributed by atoms with Crippen molar-refractivity contribution in [1.82, 2.24) is 10.2 Å². The molecule has 2 amide bonds. The monoisotopic (exact) mass is 305 g/mol. The van der Waals surface area contributed by atoms with E-state index in [2.05, 4.69) is 15.5 Å². The van der Waals surface area contributed by atoms with Crippen LogP contribution < -0.4 is 10.6 Å². The number of β-amino-alcohol motifs (C(OH)–C–C–N with tert-alkyl or cyclic N) is 1. The van der Waals surface area contributed by atoms with Gasteiger partial charge in [-0.15, -0.1) is 0 Å². The highest BCUT2D eigenvalue weighted by Gasteiger charge is 2.15. The molecular formula is C17H27N3O2. The van der Waals surface area contributed by atoms with Gasteiger partial charge in [0.05, 0.1) is 6.10 Å². The molecule has 1 aromatic rings. The molecule has 2 rings (SSSR count). The zero-order chi connectivity index (χ0) is 15.9. The summed E-state index contributed by atoms with van der Waals surface area (Å²) in [5.41, 5.74) is 2.93. The fourth-order valence-electron chi connectivity index (χ4n) is 2.75. The predicted molar refractivity (Wildman–Crippen MR) is 89.2 cm³/mol. The van der Waals surface area contributed by atoms with Crippen molar-refractivity contribution in [3.05, 3.63) is 29.3 Å². The van der Waals surface area contributed by atoms with Crippen LogP contribution in [0.25, 0.3) is 0 Å². The van der Waals surface area contributed by atoms with E-state index in [0.717, 1.165) is 29.9 Å². The summed E-state index contributed by atoms with van der Waals surface area (Å²) in [6.07, 6.45) is 3.16. The van der Waals surface area contributed by atoms with E-state index in [1.165, 1.54) is 19.3 Å². The minimum atomic E-state index is -0.526. The average Bonchev–Trinajstić information content (AvgIpc) is 2.50. The molecule has 1 aromatic carbocycles. The van der Waals surface area contributed by atoms with Crippen molar-refractivity contribution in [2.45, 2.75) is 39.2 Å². The van der Waals surface area contributed by atoms with Crippen molar-refractivity contribution in [2.24, 2.45) is 0 Å². The number of hydrogen-bond donors (Lipinski definition) is 3. The summed E-state index contributed by atoms with van der Waals surface area (Å²) in [5.74, 6) is 0. The van der Waals surface area contributed by atoms with Crippen LogP contribution in [0.15, 0.2) is 18.2 Å². The summed E-state index contributed by atoms with van der Waals surface area (Å²) in [4.78, 5) is 14.2. The lowest BCUT2D eigenvalue weighted by molar-refractivity contribution is 0.102. The molecule has 1 atom stereocenters. The van der Waals surface area contributed by atoms with E-state index < -0.39 is 6.10 Å². The van der Waals surface area contributed by atoms with Gasteiger partial charge >= 0.3 is 6.03 Å². The quantitative estimate of drug-likeness (QED) is 0.782. The van der Waals surface area contributed by atoms with Gasteiger partial charge in [-0.2, -0.15) is 0 Å². The largest absolute Gasteiger partial charge is 0.390 e. The number of aliphatic hydroxyl groups excluding tert-OH is 1. The van der Waals surface area contributed by atoms with Gasteiger partial charge in [0, 0.05) is 18.8 Å². The van der Waals surface area contributed by atoms with Crippen LogP contribution >= 0.6 is 0 Å². The summed E-state index contributed by atoms with van der Waals surface area (Å²) < 4.78 is 0. The SMILES string of the molecule is Cc1ccc(C)c(NC(=O)NC[C@@H](O)CN2CCCCC2)c1. The highest BCUT2D eigenvalue weighted by atomic mass is 16.3. The first kappa shape index (κ1) is 16.8. The first-order valence-electron chi connectivity index (χ1n) is 8.07. The summed E-state index contributed by atoms with van der Waals surface area (Å²) in [6, 6.07) is 5.67. The maximum Gasteiger partial charge on any atom is 0.319 e. The molecule has 0 aliphatic carbocycles. The minimum Gasteiger partial charge on any atom is -0.390 e. The number of anilines is 1. The Bertz CT molecular complexity index is 499. The fraction of sp³-hybridized carbons (Fsp3) is 0.588. The third-order valence-electron chi connectivity index (χ3n) is 4.06.